The highest BCUT2D eigenvalue weighted by molar-refractivity contribution is 5.87. The lowest BCUT2D eigenvalue weighted by molar-refractivity contribution is -0.138. The minimum atomic E-state index is -0.691. The van der Waals surface area contributed by atoms with Crippen molar-refractivity contribution in [3.8, 4) is 22.5 Å². The van der Waals surface area contributed by atoms with Crippen LogP contribution in [0.15, 0.2) is 36.7 Å². The van der Waals surface area contributed by atoms with Crippen LogP contribution in [0.5, 0.6) is 0 Å². The predicted molar refractivity (Wildman–Crippen MR) is 209 cm³/mol. The molecule has 310 valence electrons. The molecule has 4 saturated heterocycles. The summed E-state index contributed by atoms with van der Waals surface area (Å²) in [6.45, 7) is 2.33. The Kier molecular flexibility index (Phi) is 10.4. The molecule has 58 heavy (non-hydrogen) atoms. The summed E-state index contributed by atoms with van der Waals surface area (Å²) in [7, 11) is 2.64. The molecular formula is C42H54N8O8. The molecule has 6 fully saturated rings. The molecule has 4 aliphatic heterocycles. The molecule has 2 saturated carbocycles. The number of hydrogen-bond donors (Lipinski definition) is 4. The highest BCUT2D eigenvalue weighted by atomic mass is 16.5. The molecule has 9 rings (SSSR count). The molecule has 3 aromatic rings. The van der Waals surface area contributed by atoms with Gasteiger partial charge < -0.3 is 49.3 Å². The first-order valence-electron chi connectivity index (χ1n) is 21.0. The van der Waals surface area contributed by atoms with Gasteiger partial charge in [-0.15, -0.1) is 0 Å². The number of imidazole rings is 2. The second-order valence-corrected chi connectivity index (χ2v) is 17.1. The van der Waals surface area contributed by atoms with Gasteiger partial charge in [-0.3, -0.25) is 9.59 Å². The average Bonchev–Trinajstić information content (AvgIpc) is 3.76. The number of likely N-dealkylation sites (tertiary alicyclic amines) is 2. The van der Waals surface area contributed by atoms with Crippen LogP contribution in [0.25, 0.3) is 22.5 Å². The number of aromatic nitrogens is 4. The molecule has 6 aliphatic rings. The van der Waals surface area contributed by atoms with E-state index < -0.39 is 24.3 Å². The zero-order valence-electron chi connectivity index (χ0n) is 33.3. The number of carbonyl (C=O) groups is 4. The second-order valence-electron chi connectivity index (χ2n) is 17.1. The number of carbonyl (C=O) groups excluding carboxylic acids is 4. The molecule has 6 heterocycles. The van der Waals surface area contributed by atoms with Crippen molar-refractivity contribution in [3.63, 3.8) is 0 Å². The normalized spacial score (nSPS) is 26.6. The maximum atomic E-state index is 14.2. The van der Waals surface area contributed by atoms with E-state index in [1.807, 2.05) is 34.1 Å². The van der Waals surface area contributed by atoms with Crippen LogP contribution in [0.3, 0.4) is 0 Å². The van der Waals surface area contributed by atoms with Gasteiger partial charge in [0.05, 0.1) is 61.3 Å². The van der Waals surface area contributed by atoms with E-state index in [2.05, 4.69) is 20.6 Å². The molecule has 16 nitrogen and oxygen atoms in total. The molecule has 4 amide bonds. The van der Waals surface area contributed by atoms with Gasteiger partial charge in [-0.25, -0.2) is 19.6 Å². The summed E-state index contributed by atoms with van der Waals surface area (Å²) in [5.74, 6) is 1.17. The maximum absolute atomic E-state index is 14.2. The molecule has 2 aromatic heterocycles. The largest absolute Gasteiger partial charge is 0.453 e. The van der Waals surface area contributed by atoms with E-state index in [9.17, 15) is 19.2 Å². The van der Waals surface area contributed by atoms with Crippen molar-refractivity contribution >= 4 is 24.0 Å². The Morgan fingerprint density at radius 1 is 0.690 bits per heavy atom. The van der Waals surface area contributed by atoms with Crippen LogP contribution < -0.4 is 10.6 Å². The van der Waals surface area contributed by atoms with E-state index >= 15 is 0 Å². The van der Waals surface area contributed by atoms with Crippen molar-refractivity contribution in [2.24, 2.45) is 11.8 Å². The van der Waals surface area contributed by atoms with E-state index in [-0.39, 0.29) is 46.9 Å². The standard InChI is InChI=1S/C42H54N8O8/c1-55-39(53)47-33(27-11-19-57-41(21-27)13-14-41)37(51)49-17-3-5-31(49)35-43-23-29(45-35)25-7-9-26(10-8-25)30-24-44-36(46-30)32-6-4-18-50(32)38(52)34(48-40(54)56-2)28-12-20-58-42(22-28)15-16-42/h7-10,23-24,27-28,31-34H,3-6,11-22H2,1-2H3,(H,43,45)(H,44,46)(H,47,53)(H,48,54)/t27?,28?,31-,32-,33?,34?/m0/s1. The van der Waals surface area contributed by atoms with Crippen LogP contribution >= 0.6 is 0 Å². The van der Waals surface area contributed by atoms with Gasteiger partial charge in [0.25, 0.3) is 0 Å². The lowest BCUT2D eigenvalue weighted by atomic mass is 9.86. The fraction of sp³-hybridized carbons (Fsp3) is 0.619. The zero-order chi connectivity index (χ0) is 40.0. The van der Waals surface area contributed by atoms with Crippen molar-refractivity contribution < 1.29 is 38.1 Å². The summed E-state index contributed by atoms with van der Waals surface area (Å²) in [5, 5.41) is 5.74. The van der Waals surface area contributed by atoms with Crippen LogP contribution in [0.4, 0.5) is 9.59 Å². The number of methoxy groups -OCH3 is 2. The van der Waals surface area contributed by atoms with Crippen molar-refractivity contribution in [1.82, 2.24) is 40.4 Å². The summed E-state index contributed by atoms with van der Waals surface area (Å²) in [5.41, 5.74) is 3.26. The van der Waals surface area contributed by atoms with Crippen LogP contribution in [-0.4, -0.2) is 118 Å². The third-order valence-corrected chi connectivity index (χ3v) is 13.5. The van der Waals surface area contributed by atoms with Crippen LogP contribution in [0.2, 0.25) is 0 Å². The van der Waals surface area contributed by atoms with E-state index in [0.29, 0.717) is 50.8 Å². The predicted octanol–water partition coefficient (Wildman–Crippen LogP) is 5.16. The summed E-state index contributed by atoms with van der Waals surface area (Å²) in [6.07, 6.45) is 12.5. The lowest BCUT2D eigenvalue weighted by Crippen LogP contribution is -2.54. The van der Waals surface area contributed by atoms with Crippen molar-refractivity contribution in [1.29, 1.82) is 0 Å². The first-order chi connectivity index (χ1) is 28.2. The third-order valence-electron chi connectivity index (χ3n) is 13.5. The first-order valence-corrected chi connectivity index (χ1v) is 21.0. The molecule has 16 heteroatoms. The molecule has 1 aromatic carbocycles. The molecule has 0 bridgehead atoms. The number of aromatic amines is 2. The van der Waals surface area contributed by atoms with E-state index in [1.165, 1.54) is 14.2 Å². The Morgan fingerprint density at radius 3 is 1.48 bits per heavy atom. The number of H-pyrrole nitrogens is 2. The van der Waals surface area contributed by atoms with E-state index in [0.717, 1.165) is 86.7 Å². The number of ether oxygens (including phenoxy) is 4. The van der Waals surface area contributed by atoms with Crippen molar-refractivity contribution in [3.05, 3.63) is 48.3 Å². The zero-order valence-corrected chi connectivity index (χ0v) is 33.3. The SMILES string of the molecule is COC(=O)NC(C(=O)N1CCC[C@H]1c1ncc(-c2ccc(-c3cnc([C@@H]4CCCN4C(=O)C(NC(=O)OC)C4CCOC5(CC5)C4)[nH]3)cc2)[nH]1)C1CCOC2(CC2)C1. The Labute approximate surface area is 337 Å². The molecule has 2 aliphatic carbocycles. The molecule has 6 atom stereocenters. The number of nitrogens with one attached hydrogen (secondary N) is 4. The number of rotatable bonds is 10. The lowest BCUT2D eigenvalue weighted by Gasteiger charge is -2.37. The molecule has 4 unspecified atom stereocenters. The van der Waals surface area contributed by atoms with Crippen molar-refractivity contribution in [2.45, 2.75) is 112 Å². The number of nitrogens with zero attached hydrogens (tertiary/aromatic N) is 4. The molecular weight excluding hydrogens is 745 g/mol. The molecule has 4 N–H and O–H groups in total. The first kappa shape index (κ1) is 38.6. The average molecular weight is 799 g/mol. The summed E-state index contributed by atoms with van der Waals surface area (Å²) in [6, 6.07) is 6.24. The van der Waals surface area contributed by atoms with Crippen LogP contribution in [-0.2, 0) is 28.5 Å². The summed E-state index contributed by atoms with van der Waals surface area (Å²) in [4.78, 5) is 73.4. The fourth-order valence-electron chi connectivity index (χ4n) is 9.93. The van der Waals surface area contributed by atoms with E-state index in [1.54, 1.807) is 12.4 Å². The summed E-state index contributed by atoms with van der Waals surface area (Å²) < 4.78 is 21.9. The Morgan fingerprint density at radius 2 is 1.10 bits per heavy atom. The second kappa shape index (κ2) is 15.7. The van der Waals surface area contributed by atoms with Gasteiger partial charge in [0, 0.05) is 26.3 Å². The highest BCUT2D eigenvalue weighted by Gasteiger charge is 2.52. The monoisotopic (exact) mass is 798 g/mol. The highest BCUT2D eigenvalue weighted by Crippen LogP contribution is 2.50. The van der Waals surface area contributed by atoms with Crippen LogP contribution in [0, 0.1) is 11.8 Å². The van der Waals surface area contributed by atoms with Gasteiger partial charge in [0.2, 0.25) is 11.8 Å². The van der Waals surface area contributed by atoms with Gasteiger partial charge in [0.1, 0.15) is 23.7 Å². The maximum Gasteiger partial charge on any atom is 0.407 e. The fourth-order valence-corrected chi connectivity index (χ4v) is 9.93. The third kappa shape index (κ3) is 7.68. The minimum Gasteiger partial charge on any atom is -0.453 e. The Balaban J connectivity index is 0.868. The number of amides is 4. The Bertz CT molecular complexity index is 1870. The number of alkyl carbamates (subject to hydrolysis) is 2. The smallest absolute Gasteiger partial charge is 0.407 e. The van der Waals surface area contributed by atoms with Gasteiger partial charge in [0.15, 0.2) is 0 Å². The van der Waals surface area contributed by atoms with E-state index in [4.69, 9.17) is 28.9 Å². The molecule has 2 spiro atoms. The molecule has 0 radical (unpaired) electrons. The quantitative estimate of drug-likeness (QED) is 0.213. The van der Waals surface area contributed by atoms with Gasteiger partial charge >= 0.3 is 12.2 Å². The number of hydrogen-bond acceptors (Lipinski definition) is 10. The topological polar surface area (TPSA) is 193 Å². The summed E-state index contributed by atoms with van der Waals surface area (Å²) >= 11 is 0. The number of benzene rings is 1. The Hall–Kier alpha value is -4.96. The van der Waals surface area contributed by atoms with Gasteiger partial charge in [-0.05, 0) is 100 Å². The van der Waals surface area contributed by atoms with Gasteiger partial charge in [-0.2, -0.15) is 0 Å². The van der Waals surface area contributed by atoms with Crippen LogP contribution in [0.1, 0.15) is 101 Å². The van der Waals surface area contributed by atoms with Gasteiger partial charge in [-0.1, -0.05) is 24.3 Å². The minimum absolute atomic E-state index is 0.0277. The van der Waals surface area contributed by atoms with Crippen molar-refractivity contribution in [2.75, 3.05) is 40.5 Å².